The summed E-state index contributed by atoms with van der Waals surface area (Å²) in [5.41, 5.74) is 4.09. The normalized spacial score (nSPS) is 15.3. The van der Waals surface area contributed by atoms with Crippen molar-refractivity contribution < 1.29 is 9.90 Å². The molecule has 170 valence electrons. The van der Waals surface area contributed by atoms with Gasteiger partial charge in [0, 0.05) is 27.9 Å². The maximum Gasteiger partial charge on any atom is 0.264 e. The van der Waals surface area contributed by atoms with Crippen molar-refractivity contribution in [3.63, 3.8) is 0 Å². The Morgan fingerprint density at radius 3 is 2.12 bits per heavy atom. The predicted octanol–water partition coefficient (Wildman–Crippen LogP) is 7.25. The van der Waals surface area contributed by atoms with Gasteiger partial charge in [-0.1, -0.05) is 59.2 Å². The molecular weight excluding hydrogens is 432 g/mol. The van der Waals surface area contributed by atoms with Crippen LogP contribution in [0.25, 0.3) is 11.6 Å². The zero-order chi connectivity index (χ0) is 24.1. The van der Waals surface area contributed by atoms with Crippen molar-refractivity contribution in [2.45, 2.75) is 52.4 Å². The lowest BCUT2D eigenvalue weighted by Gasteiger charge is -2.28. The van der Waals surface area contributed by atoms with Crippen molar-refractivity contribution in [2.75, 3.05) is 4.90 Å². The van der Waals surface area contributed by atoms with Gasteiger partial charge in [0.15, 0.2) is 0 Å². The van der Waals surface area contributed by atoms with Crippen LogP contribution in [-0.4, -0.2) is 16.0 Å². The summed E-state index contributed by atoms with van der Waals surface area (Å²) in [7, 11) is 0. The van der Waals surface area contributed by atoms with Gasteiger partial charge in [-0.25, -0.2) is 4.98 Å². The highest BCUT2D eigenvalue weighted by Gasteiger charge is 2.35. The van der Waals surface area contributed by atoms with Crippen molar-refractivity contribution in [1.29, 1.82) is 0 Å². The molecule has 4 rings (SSSR count). The molecule has 1 aliphatic rings. The number of rotatable bonds is 2. The Bertz CT molecular complexity index is 1230. The van der Waals surface area contributed by atoms with Crippen LogP contribution in [0.15, 0.2) is 54.7 Å². The van der Waals surface area contributed by atoms with Gasteiger partial charge in [-0.15, -0.1) is 0 Å². The van der Waals surface area contributed by atoms with Gasteiger partial charge in [0.2, 0.25) is 0 Å². The molecule has 0 unspecified atom stereocenters. The molecule has 0 atom stereocenters. The SMILES string of the molecule is CC(C)(C)c1cc(C=C2C(=O)N(c3ccccn3)c3ccc(Cl)cc32)cc(C(C)(C)C)c1O. The largest absolute Gasteiger partial charge is 0.507 e. The highest BCUT2D eigenvalue weighted by atomic mass is 35.5. The number of aromatic nitrogens is 1. The molecule has 33 heavy (non-hydrogen) atoms. The fourth-order valence-corrected chi connectivity index (χ4v) is 4.34. The van der Waals surface area contributed by atoms with E-state index in [1.807, 2.05) is 48.5 Å². The number of fused-ring (bicyclic) bond motifs is 1. The van der Waals surface area contributed by atoms with Crippen LogP contribution in [0.5, 0.6) is 5.75 Å². The number of benzene rings is 2. The zero-order valence-corrected chi connectivity index (χ0v) is 20.7. The summed E-state index contributed by atoms with van der Waals surface area (Å²) in [5.74, 6) is 0.716. The standard InChI is InChI=1S/C28H29ClN2O2/c1-27(2,3)21-14-17(15-22(25(21)32)28(4,5)6)13-20-19-16-18(29)10-11-23(19)31(26(20)33)24-9-7-8-12-30-24/h7-16,32H,1-6H3. The molecule has 0 saturated heterocycles. The maximum atomic E-state index is 13.6. The van der Waals surface area contributed by atoms with Crippen molar-refractivity contribution in [2.24, 2.45) is 0 Å². The number of aromatic hydroxyl groups is 1. The highest BCUT2D eigenvalue weighted by Crippen LogP contribution is 2.44. The van der Waals surface area contributed by atoms with Crippen molar-refractivity contribution in [1.82, 2.24) is 4.98 Å². The van der Waals surface area contributed by atoms with Crippen LogP contribution in [0.1, 0.15) is 63.8 Å². The van der Waals surface area contributed by atoms with Crippen LogP contribution in [0.3, 0.4) is 0 Å². The van der Waals surface area contributed by atoms with Crippen molar-refractivity contribution in [3.05, 3.63) is 82.0 Å². The van der Waals surface area contributed by atoms with Crippen molar-refractivity contribution in [3.8, 4) is 5.75 Å². The van der Waals surface area contributed by atoms with Crippen LogP contribution >= 0.6 is 11.6 Å². The summed E-state index contributed by atoms with van der Waals surface area (Å²) in [6, 6.07) is 14.9. The lowest BCUT2D eigenvalue weighted by atomic mass is 9.78. The average Bonchev–Trinajstić information content (AvgIpc) is 2.99. The fraction of sp³-hybridized carbons (Fsp3) is 0.286. The third-order valence-corrected chi connectivity index (χ3v) is 6.10. The molecule has 5 heteroatoms. The molecule has 1 amide bonds. The van der Waals surface area contributed by atoms with E-state index in [9.17, 15) is 9.90 Å². The molecule has 0 spiro atoms. The summed E-state index contributed by atoms with van der Waals surface area (Å²) in [5, 5.41) is 11.6. The molecule has 0 bridgehead atoms. The monoisotopic (exact) mass is 460 g/mol. The maximum absolute atomic E-state index is 13.6. The number of nitrogens with zero attached hydrogens (tertiary/aromatic N) is 2. The molecule has 1 aliphatic heterocycles. The number of phenols is 1. The molecule has 0 aliphatic carbocycles. The summed E-state index contributed by atoms with van der Waals surface area (Å²) in [6.07, 6.45) is 3.56. The minimum absolute atomic E-state index is 0.159. The minimum atomic E-state index is -0.264. The minimum Gasteiger partial charge on any atom is -0.507 e. The third kappa shape index (κ3) is 4.28. The van der Waals surface area contributed by atoms with E-state index in [2.05, 4.69) is 46.5 Å². The van der Waals surface area contributed by atoms with E-state index in [1.54, 1.807) is 17.2 Å². The van der Waals surface area contributed by atoms with Gasteiger partial charge in [0.25, 0.3) is 5.91 Å². The molecule has 4 nitrogen and oxygen atoms in total. The van der Waals surface area contributed by atoms with Crippen LogP contribution in [0.2, 0.25) is 5.02 Å². The Morgan fingerprint density at radius 1 is 0.939 bits per heavy atom. The topological polar surface area (TPSA) is 53.4 Å². The number of amides is 1. The van der Waals surface area contributed by atoms with Crippen LogP contribution < -0.4 is 4.90 Å². The van der Waals surface area contributed by atoms with E-state index in [0.29, 0.717) is 22.2 Å². The van der Waals surface area contributed by atoms with Gasteiger partial charge >= 0.3 is 0 Å². The second-order valence-electron chi connectivity index (χ2n) is 10.5. The first-order valence-corrected chi connectivity index (χ1v) is 11.4. The predicted molar refractivity (Wildman–Crippen MR) is 136 cm³/mol. The van der Waals surface area contributed by atoms with Crippen LogP contribution in [-0.2, 0) is 15.6 Å². The van der Waals surface area contributed by atoms with E-state index in [4.69, 9.17) is 11.6 Å². The van der Waals surface area contributed by atoms with Gasteiger partial charge in [-0.05, 0) is 64.9 Å². The first kappa shape index (κ1) is 23.1. The molecule has 0 saturated carbocycles. The Kier molecular flexibility index (Phi) is 5.61. The van der Waals surface area contributed by atoms with Crippen molar-refractivity contribution >= 4 is 40.7 Å². The van der Waals surface area contributed by atoms with E-state index < -0.39 is 0 Å². The van der Waals surface area contributed by atoms with Gasteiger partial charge in [-0.2, -0.15) is 0 Å². The number of carbonyl (C=O) groups is 1. The lowest BCUT2D eigenvalue weighted by molar-refractivity contribution is -0.112. The quantitative estimate of drug-likeness (QED) is 0.409. The molecule has 0 radical (unpaired) electrons. The molecule has 3 aromatic rings. The van der Waals surface area contributed by atoms with Crippen LogP contribution in [0, 0.1) is 0 Å². The van der Waals surface area contributed by atoms with Crippen LogP contribution in [0.4, 0.5) is 11.5 Å². The number of carbonyl (C=O) groups excluding carboxylic acids is 1. The second-order valence-corrected chi connectivity index (χ2v) is 10.9. The molecule has 2 heterocycles. The zero-order valence-electron chi connectivity index (χ0n) is 19.9. The summed E-state index contributed by atoms with van der Waals surface area (Å²) in [4.78, 5) is 19.6. The third-order valence-electron chi connectivity index (χ3n) is 5.86. The second kappa shape index (κ2) is 8.03. The van der Waals surface area contributed by atoms with E-state index in [1.165, 1.54) is 0 Å². The van der Waals surface area contributed by atoms with Gasteiger partial charge in [-0.3, -0.25) is 9.69 Å². The Labute approximate surface area is 200 Å². The van der Waals surface area contributed by atoms with Gasteiger partial charge in [0.1, 0.15) is 11.6 Å². The summed E-state index contributed by atoms with van der Waals surface area (Å²) >= 11 is 6.32. The Hall–Kier alpha value is -3.11. The fourth-order valence-electron chi connectivity index (χ4n) is 4.17. The first-order valence-electron chi connectivity index (χ1n) is 11.0. The number of hydrogen-bond donors (Lipinski definition) is 1. The number of pyridine rings is 1. The molecular formula is C28H29ClN2O2. The lowest BCUT2D eigenvalue weighted by Crippen LogP contribution is -2.21. The molecule has 1 N–H and O–H groups in total. The molecule has 0 fully saturated rings. The number of hydrogen-bond acceptors (Lipinski definition) is 3. The molecule has 1 aromatic heterocycles. The smallest absolute Gasteiger partial charge is 0.264 e. The summed E-state index contributed by atoms with van der Waals surface area (Å²) < 4.78 is 0. The molecule has 2 aromatic carbocycles. The van der Waals surface area contributed by atoms with E-state index >= 15 is 0 Å². The number of halogens is 1. The highest BCUT2D eigenvalue weighted by molar-refractivity contribution is 6.39. The summed E-state index contributed by atoms with van der Waals surface area (Å²) in [6.45, 7) is 12.4. The number of anilines is 2. The van der Waals surface area contributed by atoms with E-state index in [0.717, 1.165) is 27.9 Å². The average molecular weight is 461 g/mol. The van der Waals surface area contributed by atoms with Gasteiger partial charge < -0.3 is 5.11 Å². The first-order chi connectivity index (χ1) is 15.4. The van der Waals surface area contributed by atoms with E-state index in [-0.39, 0.29) is 16.7 Å². The number of phenolic OH excluding ortho intramolecular Hbond substituents is 1. The van der Waals surface area contributed by atoms with Gasteiger partial charge in [0.05, 0.1) is 11.3 Å². The Morgan fingerprint density at radius 2 is 1.58 bits per heavy atom. The Balaban J connectivity index is 1.94.